The van der Waals surface area contributed by atoms with Gasteiger partial charge in [-0.05, 0) is 31.9 Å². The molecule has 118 valence electrons. The van der Waals surface area contributed by atoms with E-state index in [4.69, 9.17) is 4.84 Å². The molecule has 0 spiro atoms. The lowest BCUT2D eigenvalue weighted by Gasteiger charge is -2.12. The molecule has 1 aliphatic rings. The molecule has 23 heavy (non-hydrogen) atoms. The average Bonchev–Trinajstić information content (AvgIpc) is 3.05. The molecule has 7 heteroatoms. The Morgan fingerprint density at radius 1 is 1.22 bits per heavy atom. The van der Waals surface area contributed by atoms with Crippen LogP contribution in [0.15, 0.2) is 29.6 Å². The molecule has 0 saturated heterocycles. The molecule has 1 aliphatic heterocycles. The lowest BCUT2D eigenvalue weighted by Crippen LogP contribution is -2.32. The van der Waals surface area contributed by atoms with Gasteiger partial charge in [0.1, 0.15) is 0 Å². The van der Waals surface area contributed by atoms with Crippen LogP contribution < -0.4 is 0 Å². The molecule has 0 fully saturated rings. The van der Waals surface area contributed by atoms with Crippen molar-refractivity contribution >= 4 is 29.1 Å². The summed E-state index contributed by atoms with van der Waals surface area (Å²) < 4.78 is 0. The first kappa shape index (κ1) is 15.4. The fraction of sp³-hybridized carbons (Fsp3) is 0.250. The monoisotopic (exact) mass is 330 g/mol. The van der Waals surface area contributed by atoms with E-state index in [2.05, 4.69) is 4.98 Å². The smallest absolute Gasteiger partial charge is 0.330 e. The molecule has 0 saturated carbocycles. The van der Waals surface area contributed by atoms with E-state index in [0.29, 0.717) is 17.9 Å². The molecule has 0 radical (unpaired) electrons. The first-order valence-electron chi connectivity index (χ1n) is 7.16. The van der Waals surface area contributed by atoms with Gasteiger partial charge in [-0.1, -0.05) is 17.2 Å². The van der Waals surface area contributed by atoms with Gasteiger partial charge in [0.05, 0.1) is 16.1 Å². The topological polar surface area (TPSA) is 76.6 Å². The number of hydrogen-bond donors (Lipinski definition) is 0. The standard InChI is InChI=1S/C16H14N2O4S/c1-10-9-23-13(17-10)7-4-8-14(19)22-18-15(20)11-5-2-3-6-12(11)16(18)21/h2-3,5-6,9H,4,7-8H2,1H3. The van der Waals surface area contributed by atoms with Crippen molar-refractivity contribution in [1.82, 2.24) is 10.0 Å². The van der Waals surface area contributed by atoms with Crippen LogP contribution in [0, 0.1) is 6.92 Å². The number of benzene rings is 1. The molecule has 0 unspecified atom stereocenters. The molecule has 3 rings (SSSR count). The lowest BCUT2D eigenvalue weighted by atomic mass is 10.1. The van der Waals surface area contributed by atoms with Gasteiger partial charge < -0.3 is 4.84 Å². The molecule has 2 aromatic rings. The number of hydroxylamine groups is 2. The van der Waals surface area contributed by atoms with Crippen molar-refractivity contribution in [2.45, 2.75) is 26.2 Å². The number of imide groups is 1. The Morgan fingerprint density at radius 3 is 2.43 bits per heavy atom. The SMILES string of the molecule is Cc1csc(CCCC(=O)ON2C(=O)c3ccccc3C2=O)n1. The van der Waals surface area contributed by atoms with Gasteiger partial charge in [0.2, 0.25) is 0 Å². The maximum atomic E-state index is 12.1. The summed E-state index contributed by atoms with van der Waals surface area (Å²) in [6.07, 6.45) is 1.33. The van der Waals surface area contributed by atoms with Crippen LogP contribution in [0.1, 0.15) is 44.3 Å². The number of thiazole rings is 1. The van der Waals surface area contributed by atoms with Gasteiger partial charge >= 0.3 is 5.97 Å². The van der Waals surface area contributed by atoms with Gasteiger partial charge in [0.15, 0.2) is 0 Å². The Kier molecular flexibility index (Phi) is 4.20. The van der Waals surface area contributed by atoms with E-state index >= 15 is 0 Å². The summed E-state index contributed by atoms with van der Waals surface area (Å²) in [6.45, 7) is 1.91. The molecule has 2 amide bonds. The summed E-state index contributed by atoms with van der Waals surface area (Å²) in [7, 11) is 0. The number of rotatable bonds is 5. The minimum atomic E-state index is -0.604. The van der Waals surface area contributed by atoms with Crippen molar-refractivity contribution < 1.29 is 19.2 Å². The van der Waals surface area contributed by atoms with Crippen molar-refractivity contribution in [1.29, 1.82) is 0 Å². The zero-order chi connectivity index (χ0) is 16.4. The third-order valence-corrected chi connectivity index (χ3v) is 4.41. The van der Waals surface area contributed by atoms with Crippen LogP contribution >= 0.6 is 11.3 Å². The average molecular weight is 330 g/mol. The Balaban J connectivity index is 1.54. The molecule has 2 heterocycles. The number of carbonyl (C=O) groups excluding carboxylic acids is 3. The highest BCUT2D eigenvalue weighted by Crippen LogP contribution is 2.23. The lowest BCUT2D eigenvalue weighted by molar-refractivity contribution is -0.168. The van der Waals surface area contributed by atoms with Crippen LogP contribution in [-0.4, -0.2) is 27.8 Å². The first-order valence-corrected chi connectivity index (χ1v) is 8.04. The number of hydrogen-bond acceptors (Lipinski definition) is 6. The molecule has 0 aliphatic carbocycles. The van der Waals surface area contributed by atoms with Gasteiger partial charge in [-0.15, -0.1) is 11.3 Å². The predicted octanol–water partition coefficient (Wildman–Crippen LogP) is 2.53. The van der Waals surface area contributed by atoms with E-state index in [0.717, 1.165) is 10.7 Å². The van der Waals surface area contributed by atoms with Crippen molar-refractivity contribution in [2.24, 2.45) is 0 Å². The fourth-order valence-electron chi connectivity index (χ4n) is 2.30. The Labute approximate surface area is 136 Å². The van der Waals surface area contributed by atoms with E-state index in [1.54, 1.807) is 23.5 Å². The third-order valence-electron chi connectivity index (χ3n) is 3.39. The highest BCUT2D eigenvalue weighted by molar-refractivity contribution is 7.09. The maximum Gasteiger partial charge on any atom is 0.333 e. The summed E-state index contributed by atoms with van der Waals surface area (Å²) in [4.78, 5) is 45.2. The summed E-state index contributed by atoms with van der Waals surface area (Å²) in [6, 6.07) is 6.39. The van der Waals surface area contributed by atoms with Crippen molar-refractivity contribution in [3.05, 3.63) is 51.5 Å². The second-order valence-electron chi connectivity index (χ2n) is 5.15. The minimum Gasteiger partial charge on any atom is -0.330 e. The van der Waals surface area contributed by atoms with Gasteiger partial charge in [-0.2, -0.15) is 0 Å². The third kappa shape index (κ3) is 3.14. The number of aryl methyl sites for hydroxylation is 2. The van der Waals surface area contributed by atoms with Crippen LogP contribution in [0.25, 0.3) is 0 Å². The molecule has 1 aromatic carbocycles. The Morgan fingerprint density at radius 2 is 1.87 bits per heavy atom. The maximum absolute atomic E-state index is 12.1. The number of amides is 2. The molecule has 0 atom stereocenters. The predicted molar refractivity (Wildman–Crippen MR) is 82.8 cm³/mol. The van der Waals surface area contributed by atoms with E-state index in [9.17, 15) is 14.4 Å². The number of carbonyl (C=O) groups is 3. The summed E-state index contributed by atoms with van der Waals surface area (Å²) in [5, 5.41) is 3.45. The van der Waals surface area contributed by atoms with E-state index in [-0.39, 0.29) is 17.5 Å². The van der Waals surface area contributed by atoms with Crippen molar-refractivity contribution in [3.8, 4) is 0 Å². The minimum absolute atomic E-state index is 0.117. The second-order valence-corrected chi connectivity index (χ2v) is 6.09. The van der Waals surface area contributed by atoms with Gasteiger partial charge in [0, 0.05) is 17.5 Å². The number of fused-ring (bicyclic) bond motifs is 1. The molecule has 6 nitrogen and oxygen atoms in total. The van der Waals surface area contributed by atoms with Gasteiger partial charge in [0.25, 0.3) is 11.8 Å². The van der Waals surface area contributed by atoms with Gasteiger partial charge in [-0.3, -0.25) is 9.59 Å². The zero-order valence-electron chi connectivity index (χ0n) is 12.4. The van der Waals surface area contributed by atoms with Crippen LogP contribution in [0.3, 0.4) is 0 Å². The Hall–Kier alpha value is -2.54. The Bertz CT molecular complexity index is 749. The number of aromatic nitrogens is 1. The molecular formula is C16H14N2O4S. The number of nitrogens with zero attached hydrogens (tertiary/aromatic N) is 2. The quantitative estimate of drug-likeness (QED) is 0.787. The fourth-order valence-corrected chi connectivity index (χ4v) is 3.12. The van der Waals surface area contributed by atoms with Crippen LogP contribution in [0.5, 0.6) is 0 Å². The van der Waals surface area contributed by atoms with Crippen LogP contribution in [0.4, 0.5) is 0 Å². The second kappa shape index (κ2) is 6.29. The van der Waals surface area contributed by atoms with Crippen LogP contribution in [0.2, 0.25) is 0 Å². The highest BCUT2D eigenvalue weighted by atomic mass is 32.1. The molecule has 0 N–H and O–H groups in total. The van der Waals surface area contributed by atoms with E-state index < -0.39 is 17.8 Å². The normalized spacial score (nSPS) is 13.3. The molecule has 0 bridgehead atoms. The summed E-state index contributed by atoms with van der Waals surface area (Å²) in [5.74, 6) is -1.81. The van der Waals surface area contributed by atoms with Gasteiger partial charge in [-0.25, -0.2) is 9.78 Å². The summed E-state index contributed by atoms with van der Waals surface area (Å²) in [5.41, 5.74) is 1.46. The largest absolute Gasteiger partial charge is 0.333 e. The highest BCUT2D eigenvalue weighted by Gasteiger charge is 2.38. The molecular weight excluding hydrogens is 316 g/mol. The first-order chi connectivity index (χ1) is 11.1. The van der Waals surface area contributed by atoms with E-state index in [1.807, 2.05) is 12.3 Å². The van der Waals surface area contributed by atoms with Crippen molar-refractivity contribution in [2.75, 3.05) is 0 Å². The van der Waals surface area contributed by atoms with Crippen LogP contribution in [-0.2, 0) is 16.1 Å². The zero-order valence-corrected chi connectivity index (χ0v) is 13.3. The summed E-state index contributed by atoms with van der Waals surface area (Å²) >= 11 is 1.54. The van der Waals surface area contributed by atoms with E-state index in [1.165, 1.54) is 12.1 Å². The molecule has 1 aromatic heterocycles. The van der Waals surface area contributed by atoms with Crippen molar-refractivity contribution in [3.63, 3.8) is 0 Å².